The zero-order valence-electron chi connectivity index (χ0n) is 19.8. The summed E-state index contributed by atoms with van der Waals surface area (Å²) < 4.78 is 14.6. The quantitative estimate of drug-likeness (QED) is 0.346. The molecule has 1 aliphatic rings. The number of benzene rings is 2. The third-order valence-electron chi connectivity index (χ3n) is 6.39. The third kappa shape index (κ3) is 4.24. The number of carbonyl (C=O) groups is 1. The first-order chi connectivity index (χ1) is 17.5. The molecule has 1 amide bonds. The summed E-state index contributed by atoms with van der Waals surface area (Å²) in [7, 11) is 1.55. The minimum Gasteiger partial charge on any atom is -0.495 e. The maximum Gasteiger partial charge on any atom is 0.334 e. The monoisotopic (exact) mass is 504 g/mol. The zero-order valence-corrected chi connectivity index (χ0v) is 20.5. The molecule has 3 heterocycles. The van der Waals surface area contributed by atoms with E-state index in [0.29, 0.717) is 46.6 Å². The molecule has 0 saturated carbocycles. The number of aromatic nitrogens is 3. The zero-order chi connectivity index (χ0) is 25.2. The van der Waals surface area contributed by atoms with Gasteiger partial charge in [0.2, 0.25) is 5.91 Å². The topological polar surface area (TPSA) is 78.6 Å². The Morgan fingerprint density at radius 2 is 1.92 bits per heavy atom. The Morgan fingerprint density at radius 1 is 1.14 bits per heavy atom. The maximum absolute atomic E-state index is 13.7. The highest BCUT2D eigenvalue weighted by Gasteiger charge is 2.27. The Morgan fingerprint density at radius 3 is 2.67 bits per heavy atom. The lowest BCUT2D eigenvalue weighted by Crippen LogP contribution is -2.42. The number of likely N-dealkylation sites (tertiary alicyclic amines) is 1. The number of hydrogen-bond donors (Lipinski definition) is 0. The fourth-order valence-corrected chi connectivity index (χ4v) is 4.92. The van der Waals surface area contributed by atoms with Crippen molar-refractivity contribution >= 4 is 28.5 Å². The number of hydrogen-bond acceptors (Lipinski definition) is 5. The van der Waals surface area contributed by atoms with Crippen LogP contribution in [0.4, 0.5) is 0 Å². The summed E-state index contributed by atoms with van der Waals surface area (Å²) in [6.07, 6.45) is 6.29. The first-order valence-electron chi connectivity index (χ1n) is 11.6. The van der Waals surface area contributed by atoms with Crippen molar-refractivity contribution in [1.82, 2.24) is 19.0 Å². The Bertz CT molecular complexity index is 1490. The van der Waals surface area contributed by atoms with Crippen LogP contribution < -0.4 is 15.2 Å². The van der Waals surface area contributed by atoms with Gasteiger partial charge in [0.05, 0.1) is 36.1 Å². The molecule has 1 atom stereocenters. The molecule has 2 aromatic carbocycles. The number of halogens is 1. The van der Waals surface area contributed by atoms with Crippen LogP contribution in [-0.4, -0.2) is 45.1 Å². The second-order valence-corrected chi connectivity index (χ2v) is 8.88. The molecule has 1 fully saturated rings. The summed E-state index contributed by atoms with van der Waals surface area (Å²) in [4.78, 5) is 32.0. The van der Waals surface area contributed by atoms with Gasteiger partial charge in [0.15, 0.2) is 0 Å². The Labute approximate surface area is 212 Å². The van der Waals surface area contributed by atoms with E-state index >= 15 is 0 Å². The molecule has 4 aromatic rings. The van der Waals surface area contributed by atoms with Gasteiger partial charge in [0, 0.05) is 19.3 Å². The number of fused-ring (bicyclic) bond motifs is 1. The van der Waals surface area contributed by atoms with Gasteiger partial charge in [-0.25, -0.2) is 4.79 Å². The van der Waals surface area contributed by atoms with Crippen molar-refractivity contribution in [1.29, 1.82) is 0 Å². The summed E-state index contributed by atoms with van der Waals surface area (Å²) in [6, 6.07) is 14.2. The highest BCUT2D eigenvalue weighted by atomic mass is 35.5. The van der Waals surface area contributed by atoms with Gasteiger partial charge >= 0.3 is 5.69 Å². The van der Waals surface area contributed by atoms with Gasteiger partial charge in [-0.15, -0.1) is 0 Å². The van der Waals surface area contributed by atoms with Crippen LogP contribution in [0.25, 0.3) is 16.7 Å². The number of imidazole rings is 1. The van der Waals surface area contributed by atoms with Gasteiger partial charge < -0.3 is 14.4 Å². The molecule has 184 valence electrons. The van der Waals surface area contributed by atoms with Crippen LogP contribution in [0.3, 0.4) is 0 Å². The Balaban J connectivity index is 1.50. The van der Waals surface area contributed by atoms with E-state index in [0.717, 1.165) is 18.4 Å². The molecule has 5 rings (SSSR count). The molecule has 0 unspecified atom stereocenters. The molecule has 0 spiro atoms. The third-order valence-corrected chi connectivity index (χ3v) is 6.77. The average Bonchev–Trinajstić information content (AvgIpc) is 3.21. The summed E-state index contributed by atoms with van der Waals surface area (Å²) in [5, 5.41) is 0.380. The summed E-state index contributed by atoms with van der Waals surface area (Å²) in [6.45, 7) is 4.72. The molecular weight excluding hydrogens is 480 g/mol. The van der Waals surface area contributed by atoms with E-state index in [-0.39, 0.29) is 17.6 Å². The van der Waals surface area contributed by atoms with Crippen LogP contribution >= 0.6 is 11.6 Å². The number of nitrogens with zero attached hydrogens (tertiary/aromatic N) is 4. The minimum absolute atomic E-state index is 0.120. The first kappa shape index (κ1) is 23.7. The number of amides is 1. The molecule has 1 aliphatic heterocycles. The van der Waals surface area contributed by atoms with Crippen LogP contribution in [0.2, 0.25) is 5.02 Å². The summed E-state index contributed by atoms with van der Waals surface area (Å²) in [5.41, 5.74) is 1.96. The molecular formula is C27H25ClN4O4. The van der Waals surface area contributed by atoms with Gasteiger partial charge in [-0.2, -0.15) is 0 Å². The van der Waals surface area contributed by atoms with Gasteiger partial charge in [-0.05, 0) is 61.4 Å². The maximum atomic E-state index is 13.7. The predicted octanol–water partition coefficient (Wildman–Crippen LogP) is 4.99. The molecule has 1 saturated heterocycles. The van der Waals surface area contributed by atoms with Crippen molar-refractivity contribution in [2.45, 2.75) is 18.9 Å². The molecule has 0 radical (unpaired) electrons. The van der Waals surface area contributed by atoms with Crippen molar-refractivity contribution in [2.75, 3.05) is 20.2 Å². The predicted molar refractivity (Wildman–Crippen MR) is 138 cm³/mol. The molecule has 0 bridgehead atoms. The normalized spacial score (nSPS) is 15.6. The standard InChI is InChI=1S/C27H25ClN4O4/c1-3-25(33)30-15-5-6-19(17-30)32-21-13-14-29-16-22(21)31(27(32)34)18-9-11-20(12-10-18)36-24-8-4-7-23(35-2)26(24)28/h3-4,7-14,16,19H,1,5-6,15,17H2,2H3/t19-/m1/s1. The van der Waals surface area contributed by atoms with Crippen molar-refractivity contribution in [3.8, 4) is 22.9 Å². The summed E-state index contributed by atoms with van der Waals surface area (Å²) >= 11 is 6.35. The first-order valence-corrected chi connectivity index (χ1v) is 12.0. The van der Waals surface area contributed by atoms with Crippen molar-refractivity contribution < 1.29 is 14.3 Å². The fraction of sp³-hybridized carbons (Fsp3) is 0.222. The van der Waals surface area contributed by atoms with Crippen LogP contribution in [0.5, 0.6) is 17.2 Å². The van der Waals surface area contributed by atoms with E-state index < -0.39 is 0 Å². The lowest BCUT2D eigenvalue weighted by atomic mass is 10.1. The molecule has 36 heavy (non-hydrogen) atoms. The fourth-order valence-electron chi connectivity index (χ4n) is 4.68. The van der Waals surface area contributed by atoms with Crippen LogP contribution in [0.1, 0.15) is 18.9 Å². The van der Waals surface area contributed by atoms with E-state index in [9.17, 15) is 9.59 Å². The van der Waals surface area contributed by atoms with Crippen LogP contribution in [0, 0.1) is 0 Å². The number of rotatable bonds is 6. The molecule has 0 N–H and O–H groups in total. The second kappa shape index (κ2) is 9.91. The largest absolute Gasteiger partial charge is 0.495 e. The van der Waals surface area contributed by atoms with Crippen LogP contribution in [0.15, 0.2) is 78.4 Å². The highest BCUT2D eigenvalue weighted by molar-refractivity contribution is 6.33. The molecule has 2 aromatic heterocycles. The van der Waals surface area contributed by atoms with E-state index in [1.807, 2.05) is 18.2 Å². The average molecular weight is 505 g/mol. The van der Waals surface area contributed by atoms with Crippen molar-refractivity contribution in [2.24, 2.45) is 0 Å². The van der Waals surface area contributed by atoms with Crippen molar-refractivity contribution in [3.63, 3.8) is 0 Å². The van der Waals surface area contributed by atoms with E-state index in [4.69, 9.17) is 21.1 Å². The smallest absolute Gasteiger partial charge is 0.334 e. The Hall–Kier alpha value is -4.04. The van der Waals surface area contributed by atoms with Gasteiger partial charge in [-0.3, -0.25) is 18.9 Å². The minimum atomic E-state index is -0.180. The van der Waals surface area contributed by atoms with E-state index in [1.165, 1.54) is 6.08 Å². The number of ether oxygens (including phenoxy) is 2. The second-order valence-electron chi connectivity index (χ2n) is 8.51. The molecule has 0 aliphatic carbocycles. The highest BCUT2D eigenvalue weighted by Crippen LogP contribution is 2.36. The Kier molecular flexibility index (Phi) is 6.52. The SMILES string of the molecule is C=CC(=O)N1CCC[C@@H](n2c(=O)n(-c3ccc(Oc4cccc(OC)c4Cl)cc3)c3cnccc32)C1. The van der Waals surface area contributed by atoms with Crippen LogP contribution in [-0.2, 0) is 4.79 Å². The van der Waals surface area contributed by atoms with Gasteiger partial charge in [0.1, 0.15) is 22.3 Å². The molecule has 8 nitrogen and oxygen atoms in total. The molecule has 9 heteroatoms. The van der Waals surface area contributed by atoms with Gasteiger partial charge in [-0.1, -0.05) is 24.2 Å². The number of pyridine rings is 1. The summed E-state index contributed by atoms with van der Waals surface area (Å²) in [5.74, 6) is 1.44. The van der Waals surface area contributed by atoms with Gasteiger partial charge in [0.25, 0.3) is 0 Å². The van der Waals surface area contributed by atoms with E-state index in [2.05, 4.69) is 11.6 Å². The number of carbonyl (C=O) groups excluding carboxylic acids is 1. The van der Waals surface area contributed by atoms with Crippen molar-refractivity contribution in [3.05, 3.63) is 89.1 Å². The lowest BCUT2D eigenvalue weighted by Gasteiger charge is -2.32. The lowest BCUT2D eigenvalue weighted by molar-refractivity contribution is -0.127. The number of piperidine rings is 1. The van der Waals surface area contributed by atoms with E-state index in [1.54, 1.807) is 63.9 Å². The number of methoxy groups -OCH3 is 1.